The summed E-state index contributed by atoms with van der Waals surface area (Å²) in [7, 11) is 5.73. The van der Waals surface area contributed by atoms with Gasteiger partial charge in [0.25, 0.3) is 0 Å². The number of hydrogen-bond acceptors (Lipinski definition) is 13. The van der Waals surface area contributed by atoms with E-state index in [0.29, 0.717) is 93.7 Å². The topological polar surface area (TPSA) is 180 Å². The predicted molar refractivity (Wildman–Crippen MR) is 253 cm³/mol. The number of esters is 3. The van der Waals surface area contributed by atoms with Crippen LogP contribution in [0.2, 0.25) is 0 Å². The number of nitrogens with zero attached hydrogens (tertiary/aromatic N) is 3. The Morgan fingerprint density at radius 1 is 0.868 bits per heavy atom. The van der Waals surface area contributed by atoms with Gasteiger partial charge in [-0.25, -0.2) is 4.79 Å². The molecule has 15 heteroatoms. The molecule has 1 amide bonds. The van der Waals surface area contributed by atoms with Gasteiger partial charge < -0.3 is 43.8 Å². The molecule has 4 aromatic rings. The molecule has 1 aromatic heterocycles. The van der Waals surface area contributed by atoms with Crippen LogP contribution in [0.1, 0.15) is 75.3 Å². The standard InChI is InChI=1S/C53H62N4O11/c1-8-49(62)26-32-27-52(47(60)66-6,43-36(17-21-55(28-32)29-49)37-23-34(13-16-40(37)54-43)33-11-14-35(64-4)15-12-33)39-24-38-41(25-42(39)65-5)57(30-58)45-51(38)19-22-56-20-10-18-50(9-2,44(51)56)46(68-31(3)59)53(45,63)48(61)67-7/h10-16,18,23-25,30,32,44-46,54,62-63H,8-9,17,19-22,26-29H2,1-7H3/t32-,44+,45-,46-,49+,50-,51-,52+,53+/m1/s1. The third kappa shape index (κ3) is 6.23. The lowest BCUT2D eigenvalue weighted by Gasteiger charge is -2.63. The van der Waals surface area contributed by atoms with Crippen molar-refractivity contribution in [1.29, 1.82) is 0 Å². The fraction of sp³-hybridized carbons (Fsp3) is 0.509. The molecule has 1 saturated carbocycles. The maximum absolute atomic E-state index is 15.7. The Morgan fingerprint density at radius 3 is 2.28 bits per heavy atom. The highest BCUT2D eigenvalue weighted by molar-refractivity contribution is 5.97. The summed E-state index contributed by atoms with van der Waals surface area (Å²) in [4.78, 5) is 67.0. The lowest BCUT2D eigenvalue weighted by Crippen LogP contribution is -2.81. The van der Waals surface area contributed by atoms with E-state index in [2.05, 4.69) is 26.9 Å². The summed E-state index contributed by atoms with van der Waals surface area (Å²) in [6, 6.07) is 16.1. The van der Waals surface area contributed by atoms with Gasteiger partial charge in [0.05, 0.1) is 45.8 Å². The van der Waals surface area contributed by atoms with Gasteiger partial charge in [0.15, 0.2) is 6.10 Å². The zero-order chi connectivity index (χ0) is 48.1. The Morgan fingerprint density at radius 2 is 1.62 bits per heavy atom. The molecular formula is C53H62N4O11. The Labute approximate surface area is 396 Å². The van der Waals surface area contributed by atoms with E-state index in [0.717, 1.165) is 33.3 Å². The molecule has 68 heavy (non-hydrogen) atoms. The monoisotopic (exact) mass is 930 g/mol. The molecule has 6 heterocycles. The number of ether oxygens (including phenoxy) is 5. The number of aliphatic hydroxyl groups is 2. The number of nitrogens with one attached hydrogen (secondary N) is 1. The Hall–Kier alpha value is -5.74. The van der Waals surface area contributed by atoms with Gasteiger partial charge >= 0.3 is 17.9 Å². The van der Waals surface area contributed by atoms with Crippen LogP contribution in [0, 0.1) is 11.3 Å². The summed E-state index contributed by atoms with van der Waals surface area (Å²) in [6.07, 6.45) is 5.64. The van der Waals surface area contributed by atoms with Gasteiger partial charge in [0, 0.05) is 78.2 Å². The quantitative estimate of drug-likeness (QED) is 0.0820. The number of H-pyrrole nitrogens is 1. The van der Waals surface area contributed by atoms with Crippen molar-refractivity contribution < 1.29 is 53.1 Å². The fourth-order valence-electron chi connectivity index (χ4n) is 14.4. The first-order chi connectivity index (χ1) is 32.7. The van der Waals surface area contributed by atoms with E-state index in [-0.39, 0.29) is 18.1 Å². The van der Waals surface area contributed by atoms with Gasteiger partial charge in [-0.05, 0) is 104 Å². The second-order valence-corrected chi connectivity index (χ2v) is 20.0. The minimum atomic E-state index is -2.56. The van der Waals surface area contributed by atoms with Crippen LogP contribution in [0.3, 0.4) is 0 Å². The first-order valence-electron chi connectivity index (χ1n) is 23.9. The predicted octanol–water partition coefficient (Wildman–Crippen LogP) is 5.19. The van der Waals surface area contributed by atoms with Crippen LogP contribution in [0.5, 0.6) is 11.5 Å². The van der Waals surface area contributed by atoms with Crippen molar-refractivity contribution in [3.63, 3.8) is 0 Å². The summed E-state index contributed by atoms with van der Waals surface area (Å²) in [5, 5.41) is 26.5. The molecule has 1 aliphatic carbocycles. The molecule has 3 fully saturated rings. The number of methoxy groups -OCH3 is 4. The molecule has 2 saturated heterocycles. The highest BCUT2D eigenvalue weighted by atomic mass is 16.6. The molecule has 2 bridgehead atoms. The summed E-state index contributed by atoms with van der Waals surface area (Å²) in [5.41, 5.74) is -1.53. The molecule has 5 aliphatic heterocycles. The third-order valence-corrected chi connectivity index (χ3v) is 17.0. The molecule has 360 valence electrons. The largest absolute Gasteiger partial charge is 0.497 e. The molecular weight excluding hydrogens is 869 g/mol. The van der Waals surface area contributed by atoms with Crippen LogP contribution in [-0.2, 0) is 50.6 Å². The molecule has 0 radical (unpaired) electrons. The number of carbonyl (C=O) groups is 4. The molecule has 10 atom stereocenters. The van der Waals surface area contributed by atoms with Crippen molar-refractivity contribution in [3.05, 3.63) is 89.1 Å². The number of benzene rings is 3. The zero-order valence-corrected chi connectivity index (χ0v) is 39.9. The van der Waals surface area contributed by atoms with Gasteiger partial charge in [0.2, 0.25) is 12.0 Å². The summed E-state index contributed by atoms with van der Waals surface area (Å²) >= 11 is 0. The number of fused-ring (bicyclic) bond motifs is 6. The number of anilines is 1. The Kier molecular flexibility index (Phi) is 11.1. The maximum atomic E-state index is 15.7. The number of amides is 1. The van der Waals surface area contributed by atoms with Gasteiger partial charge in [-0.1, -0.05) is 44.2 Å². The van der Waals surface area contributed by atoms with Crippen LogP contribution >= 0.6 is 0 Å². The molecule has 3 aromatic carbocycles. The van der Waals surface area contributed by atoms with E-state index in [9.17, 15) is 24.6 Å². The summed E-state index contributed by atoms with van der Waals surface area (Å²) in [6.45, 7) is 8.02. The van der Waals surface area contributed by atoms with Crippen LogP contribution in [0.4, 0.5) is 5.69 Å². The van der Waals surface area contributed by atoms with Crippen molar-refractivity contribution in [2.75, 3.05) is 66.1 Å². The molecule has 6 aliphatic rings. The number of carbonyl (C=O) groups excluding carboxylic acids is 4. The molecule has 1 spiro atoms. The lowest BCUT2D eigenvalue weighted by molar-refractivity contribution is -0.228. The van der Waals surface area contributed by atoms with Crippen LogP contribution < -0.4 is 14.4 Å². The second kappa shape index (κ2) is 16.5. The number of piperidine rings is 1. The number of aromatic nitrogens is 1. The smallest absolute Gasteiger partial charge is 0.344 e. The third-order valence-electron chi connectivity index (χ3n) is 17.0. The van der Waals surface area contributed by atoms with E-state index >= 15 is 4.79 Å². The minimum Gasteiger partial charge on any atom is -0.497 e. The van der Waals surface area contributed by atoms with Crippen molar-refractivity contribution in [3.8, 4) is 22.6 Å². The summed E-state index contributed by atoms with van der Waals surface area (Å²) in [5.74, 6) is -1.42. The van der Waals surface area contributed by atoms with Gasteiger partial charge in [-0.2, -0.15) is 0 Å². The van der Waals surface area contributed by atoms with E-state index in [1.54, 1.807) is 13.2 Å². The van der Waals surface area contributed by atoms with Crippen LogP contribution in [0.25, 0.3) is 22.0 Å². The highest BCUT2D eigenvalue weighted by Crippen LogP contribution is 2.68. The first-order valence-corrected chi connectivity index (χ1v) is 23.9. The van der Waals surface area contributed by atoms with Crippen LogP contribution in [-0.4, -0.2) is 140 Å². The lowest BCUT2D eigenvalue weighted by atomic mass is 9.47. The molecule has 1 unspecified atom stereocenters. The van der Waals surface area contributed by atoms with E-state index in [1.165, 1.54) is 33.2 Å². The Balaban J connectivity index is 1.28. The Bertz CT molecular complexity index is 2740. The fourth-order valence-corrected chi connectivity index (χ4v) is 14.4. The first kappa shape index (κ1) is 46.0. The number of rotatable bonds is 10. The van der Waals surface area contributed by atoms with Gasteiger partial charge in [0.1, 0.15) is 16.9 Å². The molecule has 10 rings (SSSR count). The SMILES string of the molecule is CC[C@]1(O)C[C@H]2CN(CCc3c([nH]c4ccc(-c5ccc(OC)cc5)cc34)[C@@](C(=O)OC)(c3cc4c(cc3OC)N(C=O)[C@H]3[C@@](O)(C(=O)OC)[C@H](OC(C)=O)[C@]5(CC)C=CCN6CC[C@]43[C@@H]65)C2)C1. The number of hydrogen-bond donors (Lipinski definition) is 3. The zero-order valence-electron chi connectivity index (χ0n) is 39.9. The van der Waals surface area contributed by atoms with Crippen molar-refractivity contribution in [2.24, 2.45) is 11.3 Å². The second-order valence-electron chi connectivity index (χ2n) is 20.0. The van der Waals surface area contributed by atoms with Crippen molar-refractivity contribution >= 4 is 40.9 Å². The molecule has 3 N–H and O–H groups in total. The average Bonchev–Trinajstić information content (AvgIpc) is 4.02. The highest BCUT2D eigenvalue weighted by Gasteiger charge is 2.81. The normalized spacial score (nSPS) is 33.5. The maximum Gasteiger partial charge on any atom is 0.344 e. The van der Waals surface area contributed by atoms with Gasteiger partial charge in [-0.3, -0.25) is 24.2 Å². The van der Waals surface area contributed by atoms with E-state index in [4.69, 9.17) is 23.7 Å². The van der Waals surface area contributed by atoms with E-state index in [1.807, 2.05) is 62.4 Å². The average molecular weight is 931 g/mol. The van der Waals surface area contributed by atoms with Crippen LogP contribution in [0.15, 0.2) is 66.7 Å². The summed E-state index contributed by atoms with van der Waals surface area (Å²) < 4.78 is 29.4. The van der Waals surface area contributed by atoms with E-state index < -0.39 is 63.5 Å². The number of aromatic amines is 1. The van der Waals surface area contributed by atoms with Crippen molar-refractivity contribution in [1.82, 2.24) is 14.8 Å². The van der Waals surface area contributed by atoms with Crippen molar-refractivity contribution in [2.45, 2.75) is 99.5 Å². The minimum absolute atomic E-state index is 0.197. The van der Waals surface area contributed by atoms with Gasteiger partial charge in [-0.15, -0.1) is 0 Å². The molecule has 15 nitrogen and oxygen atoms in total.